The Morgan fingerprint density at radius 3 is 2.75 bits per heavy atom. The Hall–Kier alpha value is -3.19. The number of hydrogen-bond acceptors (Lipinski definition) is 8. The van der Waals surface area contributed by atoms with Crippen molar-refractivity contribution in [3.8, 4) is 11.6 Å². The third kappa shape index (κ3) is 3.63. The van der Waals surface area contributed by atoms with Crippen LogP contribution in [0.15, 0.2) is 34.3 Å². The molecular weight excluding hydrogens is 505 g/mol. The summed E-state index contributed by atoms with van der Waals surface area (Å²) in [5.41, 5.74) is -3.32. The first-order valence-corrected chi connectivity index (χ1v) is 11.6. The van der Waals surface area contributed by atoms with Crippen LogP contribution in [-0.2, 0) is 0 Å². The second kappa shape index (κ2) is 8.44. The average Bonchev–Trinajstić information content (AvgIpc) is 3.49. The van der Waals surface area contributed by atoms with Gasteiger partial charge in [-0.05, 0) is 39.0 Å². The molecule has 5 heterocycles. The van der Waals surface area contributed by atoms with Crippen molar-refractivity contribution in [1.82, 2.24) is 20.2 Å². The molecule has 1 aromatic rings. The predicted molar refractivity (Wildman–Crippen MR) is 124 cm³/mol. The summed E-state index contributed by atoms with van der Waals surface area (Å²) in [5.74, 6) is 0.918. The summed E-state index contributed by atoms with van der Waals surface area (Å²) >= 11 is 6.61. The molecule has 10 nitrogen and oxygen atoms in total. The molecule has 36 heavy (non-hydrogen) atoms. The number of aliphatic imine (C=N–C) groups is 1. The molecule has 0 aromatic carbocycles. The fraction of sp³-hybridized carbons (Fsp3) is 0.500. The lowest BCUT2D eigenvalue weighted by atomic mass is 9.86. The van der Waals surface area contributed by atoms with E-state index < -0.39 is 29.7 Å². The SMILES string of the molecule is COc1c(C)cc(N2[C@H](Cl)C=C3N=CC4=C(N32)C(C)(C(F)(F)F)CN4C(=O)O)nc1O[C@H]1CCNC1. The standard InChI is InChI=1S/C22H24ClF3N6O4/c1-11-6-16(29-19(17(11)35-3)36-12-4-5-27-8-12)31-14(23)7-15-28-9-13-18(32(15)31)21(2,22(24,25)26)10-30(13)20(33)34/h6-7,9,12,14,27H,4-5,8,10H2,1-3H3,(H,33,34)/t12-,14-,21?/m0/s1. The van der Waals surface area contributed by atoms with Crippen molar-refractivity contribution in [2.45, 2.75) is 38.0 Å². The Morgan fingerprint density at radius 2 is 2.14 bits per heavy atom. The summed E-state index contributed by atoms with van der Waals surface area (Å²) in [4.78, 5) is 21.3. The molecule has 1 fully saturated rings. The highest BCUT2D eigenvalue weighted by Crippen LogP contribution is 2.55. The number of anilines is 1. The Labute approximate surface area is 209 Å². The summed E-state index contributed by atoms with van der Waals surface area (Å²) in [6.07, 6.45) is -3.07. The van der Waals surface area contributed by atoms with Crippen LogP contribution >= 0.6 is 11.6 Å². The van der Waals surface area contributed by atoms with Crippen LogP contribution in [-0.4, -0.2) is 76.8 Å². The number of hydrazine groups is 1. The van der Waals surface area contributed by atoms with Gasteiger partial charge >= 0.3 is 12.3 Å². The highest BCUT2D eigenvalue weighted by Gasteiger charge is 2.64. The molecule has 4 aliphatic rings. The van der Waals surface area contributed by atoms with Crippen LogP contribution in [0.4, 0.5) is 23.8 Å². The molecular formula is C22H24ClF3N6O4. The second-order valence-electron chi connectivity index (χ2n) is 9.11. The fourth-order valence-corrected chi connectivity index (χ4v) is 5.16. The van der Waals surface area contributed by atoms with Crippen LogP contribution in [0.3, 0.4) is 0 Å². The first-order valence-electron chi connectivity index (χ1n) is 11.2. The van der Waals surface area contributed by atoms with Gasteiger partial charge in [-0.1, -0.05) is 11.6 Å². The zero-order valence-electron chi connectivity index (χ0n) is 19.6. The van der Waals surface area contributed by atoms with E-state index in [1.807, 2.05) is 0 Å². The Kier molecular flexibility index (Phi) is 5.75. The van der Waals surface area contributed by atoms with Crippen molar-refractivity contribution < 1.29 is 32.5 Å². The molecule has 14 heteroatoms. The number of halogens is 4. The van der Waals surface area contributed by atoms with E-state index in [1.165, 1.54) is 23.2 Å². The van der Waals surface area contributed by atoms with E-state index in [0.29, 0.717) is 22.8 Å². The molecule has 0 radical (unpaired) electrons. The number of alkyl halides is 4. The van der Waals surface area contributed by atoms with Crippen molar-refractivity contribution in [1.29, 1.82) is 0 Å². The molecule has 0 saturated carbocycles. The van der Waals surface area contributed by atoms with Crippen molar-refractivity contribution in [2.75, 3.05) is 31.8 Å². The number of nitrogens with one attached hydrogen (secondary N) is 1. The number of hydrogen-bond donors (Lipinski definition) is 2. The van der Waals surface area contributed by atoms with Crippen LogP contribution in [0.25, 0.3) is 0 Å². The lowest BCUT2D eigenvalue weighted by Crippen LogP contribution is -2.50. The smallest absolute Gasteiger partial charge is 0.411 e. The summed E-state index contributed by atoms with van der Waals surface area (Å²) in [7, 11) is 1.48. The predicted octanol–water partition coefficient (Wildman–Crippen LogP) is 3.44. The summed E-state index contributed by atoms with van der Waals surface area (Å²) in [5, 5.41) is 15.4. The van der Waals surface area contributed by atoms with Crippen molar-refractivity contribution in [2.24, 2.45) is 10.4 Å². The van der Waals surface area contributed by atoms with Crippen LogP contribution in [0.5, 0.6) is 11.6 Å². The van der Waals surface area contributed by atoms with Gasteiger partial charge < -0.3 is 19.9 Å². The van der Waals surface area contributed by atoms with Gasteiger partial charge in [-0.25, -0.2) is 19.8 Å². The fourth-order valence-electron chi connectivity index (χ4n) is 4.86. The first kappa shape index (κ1) is 24.5. The largest absolute Gasteiger partial charge is 0.491 e. The Morgan fingerprint density at radius 1 is 1.39 bits per heavy atom. The second-order valence-corrected chi connectivity index (χ2v) is 9.56. The summed E-state index contributed by atoms with van der Waals surface area (Å²) < 4.78 is 54.9. The molecule has 1 saturated heterocycles. The Balaban J connectivity index is 1.63. The molecule has 5 rings (SSSR count). The number of fused-ring (bicyclic) bond motifs is 2. The highest BCUT2D eigenvalue weighted by atomic mass is 35.5. The van der Waals surface area contributed by atoms with Gasteiger partial charge in [0.2, 0.25) is 0 Å². The number of aromatic nitrogens is 1. The van der Waals surface area contributed by atoms with Gasteiger partial charge in [0.25, 0.3) is 5.88 Å². The minimum Gasteiger partial charge on any atom is -0.491 e. The van der Waals surface area contributed by atoms with E-state index in [4.69, 9.17) is 21.1 Å². The number of aryl methyl sites for hydroxylation is 1. The molecule has 1 aromatic heterocycles. The van der Waals surface area contributed by atoms with Crippen LogP contribution < -0.4 is 19.8 Å². The molecule has 2 N–H and O–H groups in total. The molecule has 194 valence electrons. The third-order valence-corrected chi connectivity index (χ3v) is 7.03. The highest BCUT2D eigenvalue weighted by molar-refractivity contribution is 6.23. The maximum absolute atomic E-state index is 14.4. The van der Waals surface area contributed by atoms with Gasteiger partial charge in [-0.2, -0.15) is 18.2 Å². The van der Waals surface area contributed by atoms with E-state index in [9.17, 15) is 23.1 Å². The monoisotopic (exact) mass is 528 g/mol. The van der Waals surface area contributed by atoms with Gasteiger partial charge in [0.15, 0.2) is 17.4 Å². The molecule has 3 atom stereocenters. The van der Waals surface area contributed by atoms with Crippen LogP contribution in [0, 0.1) is 12.3 Å². The molecule has 1 unspecified atom stereocenters. The number of amides is 1. The topological polar surface area (TPSA) is 103 Å². The first-order chi connectivity index (χ1) is 17.0. The zero-order valence-corrected chi connectivity index (χ0v) is 20.4. The number of nitrogens with zero attached hydrogens (tertiary/aromatic N) is 5. The van der Waals surface area contributed by atoms with Gasteiger partial charge in [0, 0.05) is 18.7 Å². The quantitative estimate of drug-likeness (QED) is 0.453. The number of allylic oxidation sites excluding steroid dienone is 1. The zero-order chi connectivity index (χ0) is 26.0. The summed E-state index contributed by atoms with van der Waals surface area (Å²) in [6.45, 7) is 3.32. The van der Waals surface area contributed by atoms with E-state index in [2.05, 4.69) is 15.3 Å². The van der Waals surface area contributed by atoms with Crippen LogP contribution in [0.1, 0.15) is 18.9 Å². The van der Waals surface area contributed by atoms with E-state index in [-0.39, 0.29) is 35.0 Å². The van der Waals surface area contributed by atoms with Gasteiger partial charge in [-0.3, -0.25) is 4.90 Å². The number of rotatable bonds is 4. The minimum atomic E-state index is -4.77. The summed E-state index contributed by atoms with van der Waals surface area (Å²) in [6, 6.07) is 1.62. The number of pyridine rings is 1. The lowest BCUT2D eigenvalue weighted by Gasteiger charge is -2.41. The van der Waals surface area contributed by atoms with E-state index >= 15 is 0 Å². The van der Waals surface area contributed by atoms with E-state index in [0.717, 1.165) is 26.1 Å². The minimum absolute atomic E-state index is 0.134. The molecule has 0 spiro atoms. The number of carbonyl (C=O) groups is 1. The molecule has 1 amide bonds. The lowest BCUT2D eigenvalue weighted by molar-refractivity contribution is -0.206. The van der Waals surface area contributed by atoms with Crippen molar-refractivity contribution >= 4 is 29.7 Å². The Bertz CT molecular complexity index is 1200. The molecule has 0 aliphatic carbocycles. The normalized spacial score (nSPS) is 27.4. The van der Waals surface area contributed by atoms with Gasteiger partial charge in [-0.15, -0.1) is 0 Å². The number of carboxylic acid groups (broad SMARTS) is 1. The number of ether oxygens (including phenoxy) is 2. The average molecular weight is 529 g/mol. The maximum Gasteiger partial charge on any atom is 0.411 e. The third-order valence-electron chi connectivity index (χ3n) is 6.72. The van der Waals surface area contributed by atoms with Gasteiger partial charge in [0.05, 0.1) is 24.7 Å². The van der Waals surface area contributed by atoms with Crippen LogP contribution in [0.2, 0.25) is 0 Å². The van der Waals surface area contributed by atoms with E-state index in [1.54, 1.807) is 13.0 Å². The van der Waals surface area contributed by atoms with Crippen molar-refractivity contribution in [3.05, 3.63) is 34.9 Å². The molecule has 0 bridgehead atoms. The molecule has 4 aliphatic heterocycles. The van der Waals surface area contributed by atoms with Crippen molar-refractivity contribution in [3.63, 3.8) is 0 Å². The maximum atomic E-state index is 14.4. The van der Waals surface area contributed by atoms with Gasteiger partial charge in [0.1, 0.15) is 17.0 Å². The number of methoxy groups -OCH3 is 1.